The molecule has 0 saturated carbocycles. The molecule has 2 rings (SSSR count). The molecule has 0 atom stereocenters. The normalized spacial score (nSPS) is 10.4. The molecule has 0 N–H and O–H groups in total. The molecule has 0 amide bonds. The number of carbonyl (C=O) groups excluding carboxylic acids is 1. The highest BCUT2D eigenvalue weighted by Gasteiger charge is 2.11. The van der Waals surface area contributed by atoms with Crippen molar-refractivity contribution in [1.82, 2.24) is 4.98 Å². The molecule has 18 heavy (non-hydrogen) atoms. The minimum Gasteiger partial charge on any atom is -0.294 e. The number of Topliss-reactive ketones (excluding diaryl/α,β-unsaturated/α-hetero) is 1. The third-order valence-corrected chi connectivity index (χ3v) is 3.27. The zero-order chi connectivity index (χ0) is 13.1. The average molecular weight is 280 g/mol. The van der Waals surface area contributed by atoms with Crippen molar-refractivity contribution in [3.05, 3.63) is 63.4 Å². The molecule has 0 bridgehead atoms. The summed E-state index contributed by atoms with van der Waals surface area (Å²) in [4.78, 5) is 16.1. The van der Waals surface area contributed by atoms with Crippen molar-refractivity contribution in [2.75, 3.05) is 0 Å². The van der Waals surface area contributed by atoms with E-state index in [-0.39, 0.29) is 12.2 Å². The van der Waals surface area contributed by atoms with E-state index in [4.69, 9.17) is 23.2 Å². The van der Waals surface area contributed by atoms with Gasteiger partial charge in [-0.05, 0) is 36.2 Å². The Labute approximate surface area is 116 Å². The van der Waals surface area contributed by atoms with E-state index < -0.39 is 0 Å². The average Bonchev–Trinajstić information content (AvgIpc) is 2.33. The molecule has 4 heteroatoms. The van der Waals surface area contributed by atoms with Gasteiger partial charge in [0.1, 0.15) is 0 Å². The van der Waals surface area contributed by atoms with E-state index in [2.05, 4.69) is 4.98 Å². The van der Waals surface area contributed by atoms with Gasteiger partial charge in [-0.3, -0.25) is 9.78 Å². The molecule has 2 nitrogen and oxygen atoms in total. The van der Waals surface area contributed by atoms with Crippen molar-refractivity contribution >= 4 is 29.0 Å². The van der Waals surface area contributed by atoms with Crippen LogP contribution in [0.15, 0.2) is 36.7 Å². The zero-order valence-electron chi connectivity index (χ0n) is 9.78. The number of pyridine rings is 1. The molecule has 1 heterocycles. The summed E-state index contributed by atoms with van der Waals surface area (Å²) in [5, 5.41) is 1.08. The van der Waals surface area contributed by atoms with E-state index in [1.54, 1.807) is 36.7 Å². The largest absolute Gasteiger partial charge is 0.294 e. The summed E-state index contributed by atoms with van der Waals surface area (Å²) in [7, 11) is 0. The van der Waals surface area contributed by atoms with E-state index in [9.17, 15) is 4.79 Å². The highest BCUT2D eigenvalue weighted by atomic mass is 35.5. The van der Waals surface area contributed by atoms with Gasteiger partial charge in [-0.25, -0.2) is 0 Å². The van der Waals surface area contributed by atoms with Gasteiger partial charge >= 0.3 is 0 Å². The Hall–Kier alpha value is -1.38. The van der Waals surface area contributed by atoms with Gasteiger partial charge in [0, 0.05) is 34.4 Å². The molecular formula is C14H11Cl2NO. The monoisotopic (exact) mass is 279 g/mol. The van der Waals surface area contributed by atoms with Crippen LogP contribution in [0.2, 0.25) is 10.0 Å². The van der Waals surface area contributed by atoms with Crippen LogP contribution in [-0.4, -0.2) is 10.8 Å². The molecule has 2 aromatic rings. The van der Waals surface area contributed by atoms with E-state index in [1.807, 2.05) is 6.92 Å². The summed E-state index contributed by atoms with van der Waals surface area (Å²) < 4.78 is 0. The fraction of sp³-hybridized carbons (Fsp3) is 0.143. The number of hydrogen-bond acceptors (Lipinski definition) is 2. The van der Waals surface area contributed by atoms with Crippen LogP contribution in [0.25, 0.3) is 0 Å². The summed E-state index contributed by atoms with van der Waals surface area (Å²) >= 11 is 11.9. The van der Waals surface area contributed by atoms with Crippen LogP contribution in [0.5, 0.6) is 0 Å². The Kier molecular flexibility index (Phi) is 4.00. The second-order valence-electron chi connectivity index (χ2n) is 4.03. The Bertz CT molecular complexity index is 596. The number of rotatable bonds is 3. The van der Waals surface area contributed by atoms with Crippen molar-refractivity contribution in [2.45, 2.75) is 13.3 Å². The van der Waals surface area contributed by atoms with Crippen molar-refractivity contribution < 1.29 is 4.79 Å². The zero-order valence-corrected chi connectivity index (χ0v) is 11.3. The van der Waals surface area contributed by atoms with Crippen LogP contribution >= 0.6 is 23.2 Å². The second kappa shape index (κ2) is 5.51. The minimum atomic E-state index is 0.0270. The lowest BCUT2D eigenvalue weighted by Crippen LogP contribution is -2.06. The standard InChI is InChI=1S/C14H11Cl2NO/c1-9-8-17-5-4-12(9)14(18)6-10-2-3-11(15)7-13(10)16/h2-5,7-8H,6H2,1H3. The number of halogens is 2. The van der Waals surface area contributed by atoms with Crippen LogP contribution in [0, 0.1) is 6.92 Å². The van der Waals surface area contributed by atoms with Crippen molar-refractivity contribution in [2.24, 2.45) is 0 Å². The summed E-state index contributed by atoms with van der Waals surface area (Å²) in [5.41, 5.74) is 2.32. The minimum absolute atomic E-state index is 0.0270. The Morgan fingerprint density at radius 3 is 2.72 bits per heavy atom. The van der Waals surface area contributed by atoms with Gasteiger partial charge in [-0.15, -0.1) is 0 Å². The molecule has 0 aliphatic rings. The number of benzene rings is 1. The molecule has 0 saturated heterocycles. The molecular weight excluding hydrogens is 269 g/mol. The highest BCUT2D eigenvalue weighted by molar-refractivity contribution is 6.35. The molecule has 0 fully saturated rings. The molecule has 1 aromatic carbocycles. The lowest BCUT2D eigenvalue weighted by Gasteiger charge is -2.06. The van der Waals surface area contributed by atoms with E-state index >= 15 is 0 Å². The molecule has 0 aliphatic carbocycles. The first-order valence-electron chi connectivity index (χ1n) is 5.45. The molecule has 0 aliphatic heterocycles. The van der Waals surface area contributed by atoms with E-state index in [1.165, 1.54) is 0 Å². The quantitative estimate of drug-likeness (QED) is 0.791. The smallest absolute Gasteiger partial charge is 0.167 e. The van der Waals surface area contributed by atoms with E-state index in [0.29, 0.717) is 15.6 Å². The van der Waals surface area contributed by atoms with Crippen molar-refractivity contribution in [1.29, 1.82) is 0 Å². The van der Waals surface area contributed by atoms with Crippen LogP contribution in [0.3, 0.4) is 0 Å². The molecule has 92 valence electrons. The predicted molar refractivity (Wildman–Crippen MR) is 73.5 cm³/mol. The Balaban J connectivity index is 2.24. The van der Waals surface area contributed by atoms with Gasteiger partial charge in [-0.2, -0.15) is 0 Å². The number of ketones is 1. The van der Waals surface area contributed by atoms with Crippen molar-refractivity contribution in [3.63, 3.8) is 0 Å². The number of hydrogen-bond donors (Lipinski definition) is 0. The fourth-order valence-electron chi connectivity index (χ4n) is 1.72. The highest BCUT2D eigenvalue weighted by Crippen LogP contribution is 2.22. The maximum absolute atomic E-state index is 12.2. The summed E-state index contributed by atoms with van der Waals surface area (Å²) in [6.45, 7) is 1.86. The van der Waals surface area contributed by atoms with Crippen LogP contribution < -0.4 is 0 Å². The van der Waals surface area contributed by atoms with Gasteiger partial charge in [0.25, 0.3) is 0 Å². The lowest BCUT2D eigenvalue weighted by atomic mass is 10.0. The van der Waals surface area contributed by atoms with Gasteiger partial charge in [-0.1, -0.05) is 29.3 Å². The maximum atomic E-state index is 12.2. The van der Waals surface area contributed by atoms with Crippen molar-refractivity contribution in [3.8, 4) is 0 Å². The van der Waals surface area contributed by atoms with Crippen LogP contribution in [-0.2, 0) is 6.42 Å². The van der Waals surface area contributed by atoms with Crippen LogP contribution in [0.4, 0.5) is 0 Å². The second-order valence-corrected chi connectivity index (χ2v) is 4.87. The summed E-state index contributed by atoms with van der Waals surface area (Å²) in [6.07, 6.45) is 3.56. The summed E-state index contributed by atoms with van der Waals surface area (Å²) in [6, 6.07) is 6.88. The number of carbonyl (C=O) groups is 1. The number of nitrogens with zero attached hydrogens (tertiary/aromatic N) is 1. The first kappa shape index (κ1) is 13.1. The van der Waals surface area contributed by atoms with Crippen LogP contribution in [0.1, 0.15) is 21.5 Å². The first-order chi connectivity index (χ1) is 8.58. The lowest BCUT2D eigenvalue weighted by molar-refractivity contribution is 0.0992. The first-order valence-corrected chi connectivity index (χ1v) is 6.21. The van der Waals surface area contributed by atoms with Gasteiger partial charge in [0.2, 0.25) is 0 Å². The molecule has 0 spiro atoms. The Morgan fingerprint density at radius 2 is 2.06 bits per heavy atom. The third kappa shape index (κ3) is 2.89. The third-order valence-electron chi connectivity index (χ3n) is 2.69. The molecule has 1 aromatic heterocycles. The fourth-order valence-corrected chi connectivity index (χ4v) is 2.19. The topological polar surface area (TPSA) is 30.0 Å². The number of aryl methyl sites for hydroxylation is 1. The van der Waals surface area contributed by atoms with E-state index in [0.717, 1.165) is 11.1 Å². The predicted octanol–water partition coefficient (Wildman–Crippen LogP) is 4.12. The Morgan fingerprint density at radius 1 is 1.28 bits per heavy atom. The van der Waals surface area contributed by atoms with Gasteiger partial charge in [0.15, 0.2) is 5.78 Å². The maximum Gasteiger partial charge on any atom is 0.167 e. The SMILES string of the molecule is Cc1cnccc1C(=O)Cc1ccc(Cl)cc1Cl. The van der Waals surface area contributed by atoms with Gasteiger partial charge < -0.3 is 0 Å². The molecule has 0 radical (unpaired) electrons. The summed E-state index contributed by atoms with van der Waals surface area (Å²) in [5.74, 6) is 0.0270. The number of aromatic nitrogens is 1. The van der Waals surface area contributed by atoms with Gasteiger partial charge in [0.05, 0.1) is 0 Å². The molecule has 0 unspecified atom stereocenters.